The van der Waals surface area contributed by atoms with E-state index in [1.165, 1.54) is 30.7 Å². The second kappa shape index (κ2) is 12.8. The van der Waals surface area contributed by atoms with Gasteiger partial charge in [0.2, 0.25) is 15.9 Å². The third kappa shape index (κ3) is 6.22. The molecule has 3 aromatic carbocycles. The van der Waals surface area contributed by atoms with Crippen LogP contribution in [0.1, 0.15) is 18.4 Å². The molecule has 2 amide bonds. The number of methoxy groups -OCH3 is 2. The molecule has 0 saturated carbocycles. The number of benzene rings is 3. The van der Waals surface area contributed by atoms with Crippen molar-refractivity contribution < 1.29 is 32.2 Å². The van der Waals surface area contributed by atoms with Crippen LogP contribution in [0.5, 0.6) is 17.2 Å². The molecule has 1 atom stereocenters. The Morgan fingerprint density at radius 1 is 0.929 bits per heavy atom. The van der Waals surface area contributed by atoms with E-state index in [-0.39, 0.29) is 36.3 Å². The van der Waals surface area contributed by atoms with Gasteiger partial charge in [0, 0.05) is 31.6 Å². The molecular weight excluding hydrogens is 558 g/mol. The van der Waals surface area contributed by atoms with Gasteiger partial charge in [-0.3, -0.25) is 9.59 Å². The summed E-state index contributed by atoms with van der Waals surface area (Å²) in [5.74, 6) is 0.414. The van der Waals surface area contributed by atoms with Gasteiger partial charge in [0.1, 0.15) is 5.75 Å². The van der Waals surface area contributed by atoms with E-state index < -0.39 is 22.0 Å². The minimum absolute atomic E-state index is 0.0805. The first-order valence-corrected chi connectivity index (χ1v) is 15.4. The molecule has 1 fully saturated rings. The highest BCUT2D eigenvalue weighted by atomic mass is 32.2. The van der Waals surface area contributed by atoms with E-state index in [0.717, 1.165) is 5.56 Å². The van der Waals surface area contributed by atoms with Gasteiger partial charge in [0.25, 0.3) is 5.91 Å². The molecule has 2 aliphatic rings. The van der Waals surface area contributed by atoms with E-state index in [1.807, 2.05) is 36.4 Å². The number of sulfonamides is 1. The van der Waals surface area contributed by atoms with Gasteiger partial charge in [-0.05, 0) is 49.1 Å². The topological polar surface area (TPSA) is 114 Å². The number of carbonyl (C=O) groups excluding carboxylic acids is 2. The van der Waals surface area contributed by atoms with E-state index >= 15 is 0 Å². The molecule has 0 radical (unpaired) electrons. The Morgan fingerprint density at radius 2 is 1.62 bits per heavy atom. The number of nitrogens with zero attached hydrogens (tertiary/aromatic N) is 2. The second-order valence-corrected chi connectivity index (χ2v) is 12.2. The quantitative estimate of drug-likeness (QED) is 0.405. The fourth-order valence-electron chi connectivity index (χ4n) is 5.36. The third-order valence-corrected chi connectivity index (χ3v) is 9.58. The number of para-hydroxylation sites is 2. The average molecular weight is 594 g/mol. The Balaban J connectivity index is 1.24. The Labute approximate surface area is 246 Å². The van der Waals surface area contributed by atoms with Crippen molar-refractivity contribution >= 4 is 27.5 Å². The van der Waals surface area contributed by atoms with Gasteiger partial charge in [0.05, 0.1) is 31.3 Å². The number of nitrogens with one attached hydrogen (secondary N) is 1. The van der Waals surface area contributed by atoms with Gasteiger partial charge in [0.15, 0.2) is 17.6 Å². The van der Waals surface area contributed by atoms with Crippen LogP contribution in [0.3, 0.4) is 0 Å². The van der Waals surface area contributed by atoms with Gasteiger partial charge in [-0.25, -0.2) is 8.42 Å². The number of hydrogen-bond acceptors (Lipinski definition) is 7. The normalized spacial score (nSPS) is 17.6. The number of fused-ring (bicyclic) bond motifs is 1. The van der Waals surface area contributed by atoms with Crippen molar-refractivity contribution in [3.63, 3.8) is 0 Å². The van der Waals surface area contributed by atoms with Crippen LogP contribution in [0.25, 0.3) is 0 Å². The molecule has 11 heteroatoms. The Kier molecular flexibility index (Phi) is 8.98. The summed E-state index contributed by atoms with van der Waals surface area (Å²) in [6.07, 6.45) is 0.547. The smallest absolute Gasteiger partial charge is 0.262 e. The highest BCUT2D eigenvalue weighted by molar-refractivity contribution is 7.89. The lowest BCUT2D eigenvalue weighted by atomic mass is 9.95. The SMILES string of the molecule is COc1ccc(S(=O)(=O)N2CCC(C(=O)N3CC(C(=O)NCCc4ccccc4)Oc4ccccc43)CC2)cc1OC. The number of hydrogen-bond donors (Lipinski definition) is 1. The number of piperidine rings is 1. The molecule has 1 saturated heterocycles. The molecule has 222 valence electrons. The molecule has 1 unspecified atom stereocenters. The van der Waals surface area contributed by atoms with Gasteiger partial charge in [-0.2, -0.15) is 4.31 Å². The Morgan fingerprint density at radius 3 is 2.33 bits per heavy atom. The van der Waals surface area contributed by atoms with Crippen LogP contribution in [-0.2, 0) is 26.0 Å². The molecule has 0 aromatic heterocycles. The predicted molar refractivity (Wildman–Crippen MR) is 157 cm³/mol. The standard InChI is InChI=1S/C31H35N3O7S/c1-39-27-13-12-24(20-28(27)40-2)42(37,38)33-18-15-23(16-19-33)31(36)34-21-29(41-26-11-7-6-10-25(26)34)30(35)32-17-14-22-8-4-3-5-9-22/h3-13,20,23,29H,14-19,21H2,1-2H3,(H,32,35). The fraction of sp³-hybridized carbons (Fsp3) is 0.355. The largest absolute Gasteiger partial charge is 0.493 e. The zero-order valence-electron chi connectivity index (χ0n) is 23.7. The lowest BCUT2D eigenvalue weighted by molar-refractivity contribution is -0.129. The highest BCUT2D eigenvalue weighted by Gasteiger charge is 2.39. The van der Waals surface area contributed by atoms with Crippen molar-refractivity contribution in [3.8, 4) is 17.2 Å². The Bertz CT molecular complexity index is 1520. The number of carbonyl (C=O) groups is 2. The molecule has 1 N–H and O–H groups in total. The minimum atomic E-state index is -3.79. The molecule has 3 aromatic rings. The van der Waals surface area contributed by atoms with E-state index in [2.05, 4.69) is 5.32 Å². The van der Waals surface area contributed by atoms with Crippen molar-refractivity contribution in [3.05, 3.63) is 78.4 Å². The molecule has 0 bridgehead atoms. The van der Waals surface area contributed by atoms with Crippen molar-refractivity contribution in [1.29, 1.82) is 0 Å². The first-order chi connectivity index (χ1) is 20.3. The van der Waals surface area contributed by atoms with E-state index in [0.29, 0.717) is 48.7 Å². The van der Waals surface area contributed by atoms with Crippen molar-refractivity contribution in [2.24, 2.45) is 5.92 Å². The monoisotopic (exact) mass is 593 g/mol. The molecule has 10 nitrogen and oxygen atoms in total. The summed E-state index contributed by atoms with van der Waals surface area (Å²) in [7, 11) is -0.851. The molecule has 42 heavy (non-hydrogen) atoms. The van der Waals surface area contributed by atoms with Crippen LogP contribution < -0.4 is 24.4 Å². The molecule has 5 rings (SSSR count). The van der Waals surface area contributed by atoms with Crippen molar-refractivity contribution in [1.82, 2.24) is 9.62 Å². The van der Waals surface area contributed by atoms with Gasteiger partial charge in [-0.1, -0.05) is 42.5 Å². The van der Waals surface area contributed by atoms with Crippen LogP contribution >= 0.6 is 0 Å². The summed E-state index contributed by atoms with van der Waals surface area (Å²) in [4.78, 5) is 28.6. The molecule has 2 aliphatic heterocycles. The van der Waals surface area contributed by atoms with Crippen LogP contribution in [0.15, 0.2) is 77.7 Å². The molecule has 0 spiro atoms. The van der Waals surface area contributed by atoms with E-state index in [1.54, 1.807) is 29.2 Å². The number of rotatable bonds is 9. The van der Waals surface area contributed by atoms with Gasteiger partial charge >= 0.3 is 0 Å². The van der Waals surface area contributed by atoms with E-state index in [9.17, 15) is 18.0 Å². The first-order valence-electron chi connectivity index (χ1n) is 13.9. The summed E-state index contributed by atoms with van der Waals surface area (Å²) in [6, 6.07) is 21.5. The van der Waals surface area contributed by atoms with Crippen LogP contribution in [0.4, 0.5) is 5.69 Å². The molecule has 0 aliphatic carbocycles. The summed E-state index contributed by atoms with van der Waals surface area (Å²) >= 11 is 0. The third-order valence-electron chi connectivity index (χ3n) is 7.68. The highest BCUT2D eigenvalue weighted by Crippen LogP contribution is 2.36. The van der Waals surface area contributed by atoms with Crippen LogP contribution in [0.2, 0.25) is 0 Å². The molecular formula is C31H35N3O7S. The number of ether oxygens (including phenoxy) is 3. The van der Waals surface area contributed by atoms with Crippen LogP contribution in [-0.4, -0.2) is 71.0 Å². The average Bonchev–Trinajstić information content (AvgIpc) is 3.04. The maximum Gasteiger partial charge on any atom is 0.262 e. The summed E-state index contributed by atoms with van der Waals surface area (Å²) < 4.78 is 44.6. The molecule has 2 heterocycles. The van der Waals surface area contributed by atoms with E-state index in [4.69, 9.17) is 14.2 Å². The minimum Gasteiger partial charge on any atom is -0.493 e. The summed E-state index contributed by atoms with van der Waals surface area (Å²) in [5, 5.41) is 2.93. The lowest BCUT2D eigenvalue weighted by Crippen LogP contribution is -2.53. The Hall–Kier alpha value is -4.09. The van der Waals surface area contributed by atoms with Crippen molar-refractivity contribution in [2.75, 3.05) is 45.3 Å². The maximum atomic E-state index is 13.8. The first kappa shape index (κ1) is 29.4. The zero-order chi connectivity index (χ0) is 29.7. The van der Waals surface area contributed by atoms with Crippen molar-refractivity contribution in [2.45, 2.75) is 30.3 Å². The number of anilines is 1. The van der Waals surface area contributed by atoms with Crippen LogP contribution in [0, 0.1) is 5.92 Å². The summed E-state index contributed by atoms with van der Waals surface area (Å²) in [5.41, 5.74) is 1.72. The van der Waals surface area contributed by atoms with Gasteiger partial charge < -0.3 is 24.4 Å². The zero-order valence-corrected chi connectivity index (χ0v) is 24.5. The summed E-state index contributed by atoms with van der Waals surface area (Å²) in [6.45, 7) is 0.924. The maximum absolute atomic E-state index is 13.8. The predicted octanol–water partition coefficient (Wildman–Crippen LogP) is 3.26. The lowest BCUT2D eigenvalue weighted by Gasteiger charge is -2.38. The fourth-order valence-corrected chi connectivity index (χ4v) is 6.84. The number of amides is 2. The second-order valence-electron chi connectivity index (χ2n) is 10.2. The van der Waals surface area contributed by atoms with Gasteiger partial charge in [-0.15, -0.1) is 0 Å².